The maximum absolute atomic E-state index is 13.5. The molecule has 2 heterocycles. The molecule has 30 heavy (non-hydrogen) atoms. The Hall–Kier alpha value is -2.61. The van der Waals surface area contributed by atoms with Gasteiger partial charge in [0.2, 0.25) is 5.91 Å². The summed E-state index contributed by atoms with van der Waals surface area (Å²) in [6.07, 6.45) is 4.51. The van der Waals surface area contributed by atoms with E-state index in [1.54, 1.807) is 29.2 Å². The summed E-state index contributed by atoms with van der Waals surface area (Å²) in [5.41, 5.74) is 0.519. The summed E-state index contributed by atoms with van der Waals surface area (Å²) in [4.78, 5) is 27.7. The molecular formula is C22H24N2O5S. The Kier molecular flexibility index (Phi) is 4.50. The molecule has 0 aromatic heterocycles. The molecule has 3 atom stereocenters. The number of amides is 1. The Morgan fingerprint density at radius 2 is 1.83 bits per heavy atom. The zero-order chi connectivity index (χ0) is 21.0. The quantitative estimate of drug-likeness (QED) is 0.702. The van der Waals surface area contributed by atoms with E-state index in [4.69, 9.17) is 4.74 Å². The number of sulfonamides is 1. The normalized spacial score (nSPS) is 26.6. The average molecular weight is 429 g/mol. The number of esters is 1. The SMILES string of the molecule is COC(=O)C1CC2CCCCC2N1C(=O)CN1c2cccc3cccc(c23)S1(=O)=O. The number of likely N-dealkylation sites (tertiary alicyclic amines) is 1. The molecule has 2 fully saturated rings. The lowest BCUT2D eigenvalue weighted by Gasteiger charge is -2.34. The van der Waals surface area contributed by atoms with Crippen LogP contribution in [0.4, 0.5) is 5.69 Å². The first-order chi connectivity index (χ1) is 14.4. The summed E-state index contributed by atoms with van der Waals surface area (Å²) < 4.78 is 32.6. The van der Waals surface area contributed by atoms with Crippen molar-refractivity contribution in [3.63, 3.8) is 0 Å². The molecule has 2 aromatic carbocycles. The second-order valence-corrected chi connectivity index (χ2v) is 10.2. The van der Waals surface area contributed by atoms with E-state index in [0.29, 0.717) is 17.5 Å². The summed E-state index contributed by atoms with van der Waals surface area (Å²) >= 11 is 0. The lowest BCUT2D eigenvalue weighted by atomic mass is 9.85. The highest BCUT2D eigenvalue weighted by molar-refractivity contribution is 7.93. The molecule has 0 bridgehead atoms. The highest BCUT2D eigenvalue weighted by atomic mass is 32.2. The first kappa shape index (κ1) is 19.4. The van der Waals surface area contributed by atoms with Crippen LogP contribution in [0.3, 0.4) is 0 Å². The molecule has 1 amide bonds. The van der Waals surface area contributed by atoms with E-state index in [-0.39, 0.29) is 29.3 Å². The molecule has 0 radical (unpaired) electrons. The van der Waals surface area contributed by atoms with Gasteiger partial charge in [0.25, 0.3) is 10.0 Å². The molecule has 1 saturated carbocycles. The van der Waals surface area contributed by atoms with E-state index in [0.717, 1.165) is 31.1 Å². The van der Waals surface area contributed by atoms with E-state index in [1.807, 2.05) is 12.1 Å². The van der Waals surface area contributed by atoms with Gasteiger partial charge in [-0.2, -0.15) is 0 Å². The van der Waals surface area contributed by atoms with Crippen molar-refractivity contribution in [1.82, 2.24) is 4.90 Å². The van der Waals surface area contributed by atoms with Crippen molar-refractivity contribution in [1.29, 1.82) is 0 Å². The number of carbonyl (C=O) groups is 2. The van der Waals surface area contributed by atoms with Crippen LogP contribution in [-0.4, -0.2) is 50.9 Å². The Labute approximate surface area is 175 Å². The molecule has 5 rings (SSSR count). The van der Waals surface area contributed by atoms with E-state index < -0.39 is 22.0 Å². The van der Waals surface area contributed by atoms with Crippen LogP contribution in [0.25, 0.3) is 10.8 Å². The molecule has 0 N–H and O–H groups in total. The molecule has 158 valence electrons. The van der Waals surface area contributed by atoms with Crippen molar-refractivity contribution in [3.8, 4) is 0 Å². The highest BCUT2D eigenvalue weighted by Gasteiger charge is 2.49. The third-order valence-electron chi connectivity index (χ3n) is 6.81. The number of ether oxygens (including phenoxy) is 1. The molecule has 2 aliphatic heterocycles. The predicted octanol–water partition coefficient (Wildman–Crippen LogP) is 2.68. The molecule has 1 aliphatic carbocycles. The Balaban J connectivity index is 1.50. The smallest absolute Gasteiger partial charge is 0.328 e. The van der Waals surface area contributed by atoms with Gasteiger partial charge in [0.15, 0.2) is 0 Å². The fourth-order valence-electron chi connectivity index (χ4n) is 5.50. The lowest BCUT2D eigenvalue weighted by molar-refractivity contribution is -0.151. The van der Waals surface area contributed by atoms with Gasteiger partial charge in [-0.15, -0.1) is 0 Å². The monoisotopic (exact) mass is 428 g/mol. The van der Waals surface area contributed by atoms with Gasteiger partial charge in [0.05, 0.1) is 17.7 Å². The van der Waals surface area contributed by atoms with Gasteiger partial charge in [0, 0.05) is 11.4 Å². The van der Waals surface area contributed by atoms with Crippen LogP contribution in [-0.2, 0) is 24.3 Å². The van der Waals surface area contributed by atoms with Crippen LogP contribution >= 0.6 is 0 Å². The summed E-state index contributed by atoms with van der Waals surface area (Å²) in [7, 11) is -2.50. The van der Waals surface area contributed by atoms with Gasteiger partial charge in [-0.25, -0.2) is 13.2 Å². The number of hydrogen-bond donors (Lipinski definition) is 0. The topological polar surface area (TPSA) is 84.0 Å². The molecule has 2 aromatic rings. The minimum absolute atomic E-state index is 0.0289. The van der Waals surface area contributed by atoms with Crippen LogP contribution in [0.1, 0.15) is 32.1 Å². The van der Waals surface area contributed by atoms with Crippen LogP contribution in [0.2, 0.25) is 0 Å². The van der Waals surface area contributed by atoms with Crippen molar-refractivity contribution >= 4 is 38.4 Å². The van der Waals surface area contributed by atoms with Crippen molar-refractivity contribution in [3.05, 3.63) is 36.4 Å². The molecule has 7 nitrogen and oxygen atoms in total. The fourth-order valence-corrected chi connectivity index (χ4v) is 7.16. The zero-order valence-corrected chi connectivity index (χ0v) is 17.6. The third-order valence-corrected chi connectivity index (χ3v) is 8.61. The number of methoxy groups -OCH3 is 1. The maximum atomic E-state index is 13.5. The predicted molar refractivity (Wildman–Crippen MR) is 111 cm³/mol. The minimum atomic E-state index is -3.83. The standard InChI is InChI=1S/C22H24N2O5S/c1-29-22(26)18-12-15-6-2-3-9-16(15)24(18)20(25)13-23-17-10-4-7-14-8-5-11-19(21(14)17)30(23,27)28/h4-5,7-8,10-11,15-16,18H,2-3,6,9,12-13H2,1H3. The number of hydrogen-bond acceptors (Lipinski definition) is 5. The summed E-state index contributed by atoms with van der Waals surface area (Å²) in [5.74, 6) is -0.497. The van der Waals surface area contributed by atoms with Crippen molar-refractivity contribution < 1.29 is 22.7 Å². The van der Waals surface area contributed by atoms with Gasteiger partial charge in [-0.05, 0) is 42.7 Å². The van der Waals surface area contributed by atoms with E-state index >= 15 is 0 Å². The third kappa shape index (κ3) is 2.73. The molecule has 8 heteroatoms. The van der Waals surface area contributed by atoms with E-state index in [9.17, 15) is 18.0 Å². The molecule has 3 unspecified atom stereocenters. The van der Waals surface area contributed by atoms with Crippen LogP contribution in [0.5, 0.6) is 0 Å². The first-order valence-electron chi connectivity index (χ1n) is 10.4. The van der Waals surface area contributed by atoms with Gasteiger partial charge >= 0.3 is 5.97 Å². The summed E-state index contributed by atoms with van der Waals surface area (Å²) in [6, 6.07) is 9.88. The van der Waals surface area contributed by atoms with Crippen molar-refractivity contribution in [2.24, 2.45) is 5.92 Å². The van der Waals surface area contributed by atoms with Crippen LogP contribution in [0, 0.1) is 5.92 Å². The number of nitrogens with zero attached hydrogens (tertiary/aromatic N) is 2. The maximum Gasteiger partial charge on any atom is 0.328 e. The summed E-state index contributed by atoms with van der Waals surface area (Å²) in [5, 5.41) is 1.47. The largest absolute Gasteiger partial charge is 0.467 e. The van der Waals surface area contributed by atoms with Gasteiger partial charge in [-0.1, -0.05) is 37.1 Å². The van der Waals surface area contributed by atoms with Gasteiger partial charge in [0.1, 0.15) is 12.6 Å². The van der Waals surface area contributed by atoms with Gasteiger partial charge in [-0.3, -0.25) is 9.10 Å². The molecule has 0 spiro atoms. The second kappa shape index (κ2) is 6.97. The van der Waals surface area contributed by atoms with E-state index in [1.165, 1.54) is 11.4 Å². The molecule has 3 aliphatic rings. The van der Waals surface area contributed by atoms with E-state index in [2.05, 4.69) is 0 Å². The minimum Gasteiger partial charge on any atom is -0.467 e. The lowest BCUT2D eigenvalue weighted by Crippen LogP contribution is -2.50. The van der Waals surface area contributed by atoms with Crippen LogP contribution < -0.4 is 4.31 Å². The number of anilines is 1. The number of rotatable bonds is 3. The first-order valence-corrected chi connectivity index (χ1v) is 11.8. The Morgan fingerprint density at radius 3 is 2.60 bits per heavy atom. The van der Waals surface area contributed by atoms with Crippen molar-refractivity contribution in [2.45, 2.75) is 49.1 Å². The highest BCUT2D eigenvalue weighted by Crippen LogP contribution is 2.43. The number of carbonyl (C=O) groups excluding carboxylic acids is 2. The average Bonchev–Trinajstić information content (AvgIpc) is 3.24. The van der Waals surface area contributed by atoms with Crippen molar-refractivity contribution in [2.75, 3.05) is 18.0 Å². The zero-order valence-electron chi connectivity index (χ0n) is 16.8. The van der Waals surface area contributed by atoms with Crippen LogP contribution in [0.15, 0.2) is 41.3 Å². The molecular weight excluding hydrogens is 404 g/mol. The Bertz CT molecular complexity index is 1140. The Morgan fingerprint density at radius 1 is 1.10 bits per heavy atom. The van der Waals surface area contributed by atoms with Gasteiger partial charge < -0.3 is 9.64 Å². The second-order valence-electron chi connectivity index (χ2n) is 8.33. The number of fused-ring (bicyclic) bond motifs is 1. The number of benzene rings is 2. The molecule has 1 saturated heterocycles. The summed E-state index contributed by atoms with van der Waals surface area (Å²) in [6.45, 7) is -0.313. The fraction of sp³-hybridized carbons (Fsp3) is 0.455.